The largest absolute Gasteiger partial charge is 0.0619 e. The molecule has 0 bridgehead atoms. The van der Waals surface area contributed by atoms with Crippen molar-refractivity contribution in [2.24, 2.45) is 0 Å². The van der Waals surface area contributed by atoms with Crippen molar-refractivity contribution in [3.05, 3.63) is 157 Å². The van der Waals surface area contributed by atoms with Gasteiger partial charge < -0.3 is 0 Å². The average molecular weight is 571 g/mol. The van der Waals surface area contributed by atoms with Gasteiger partial charge in [-0.25, -0.2) is 0 Å². The Kier molecular flexibility index (Phi) is 4.88. The summed E-state index contributed by atoms with van der Waals surface area (Å²) < 4.78 is 0. The van der Waals surface area contributed by atoms with Gasteiger partial charge in [0.15, 0.2) is 0 Å². The van der Waals surface area contributed by atoms with Gasteiger partial charge in [0.25, 0.3) is 0 Å². The minimum atomic E-state index is -0.00871. The molecule has 2 aliphatic rings. The Morgan fingerprint density at radius 2 is 1.04 bits per heavy atom. The highest BCUT2D eigenvalue weighted by Crippen LogP contribution is 2.54. The predicted molar refractivity (Wildman–Crippen MR) is 192 cm³/mol. The van der Waals surface area contributed by atoms with Crippen LogP contribution in [0.2, 0.25) is 0 Å². The average Bonchev–Trinajstić information content (AvgIpc) is 3.52. The molecule has 45 heavy (non-hydrogen) atoms. The minimum Gasteiger partial charge on any atom is -0.0619 e. The Hall–Kier alpha value is -5.46. The van der Waals surface area contributed by atoms with Crippen LogP contribution in [-0.4, -0.2) is 0 Å². The van der Waals surface area contributed by atoms with Crippen LogP contribution in [0.15, 0.2) is 146 Å². The first-order valence-corrected chi connectivity index (χ1v) is 15.9. The molecule has 0 heteroatoms. The molecule has 0 atom stereocenters. The van der Waals surface area contributed by atoms with E-state index < -0.39 is 0 Å². The topological polar surface area (TPSA) is 0 Å². The Morgan fingerprint density at radius 3 is 1.96 bits per heavy atom. The highest BCUT2D eigenvalue weighted by atomic mass is 14.4. The zero-order valence-electron chi connectivity index (χ0n) is 25.4. The maximum atomic E-state index is 2.44. The molecule has 210 valence electrons. The number of hydrogen-bond acceptors (Lipinski definition) is 0. The van der Waals surface area contributed by atoms with Crippen LogP contribution in [0.3, 0.4) is 0 Å². The second-order valence-electron chi connectivity index (χ2n) is 13.3. The van der Waals surface area contributed by atoms with Gasteiger partial charge in [0, 0.05) is 5.41 Å². The molecule has 0 radical (unpaired) electrons. The first-order valence-electron chi connectivity index (χ1n) is 15.9. The molecule has 0 heterocycles. The van der Waals surface area contributed by atoms with Gasteiger partial charge in [0.1, 0.15) is 0 Å². The van der Waals surface area contributed by atoms with Gasteiger partial charge in [-0.05, 0) is 129 Å². The third kappa shape index (κ3) is 3.37. The molecule has 8 aromatic rings. The molecule has 0 unspecified atom stereocenters. The fourth-order valence-electron chi connectivity index (χ4n) is 8.39. The summed E-state index contributed by atoms with van der Waals surface area (Å²) in [5.74, 6) is 0. The van der Waals surface area contributed by atoms with Crippen LogP contribution in [-0.2, 0) is 5.41 Å². The van der Waals surface area contributed by atoms with E-state index in [4.69, 9.17) is 0 Å². The van der Waals surface area contributed by atoms with E-state index in [0.29, 0.717) is 0 Å². The number of hydrogen-bond donors (Lipinski definition) is 0. The lowest BCUT2D eigenvalue weighted by Gasteiger charge is -2.21. The lowest BCUT2D eigenvalue weighted by molar-refractivity contribution is 0.661. The molecule has 0 spiro atoms. The van der Waals surface area contributed by atoms with E-state index in [2.05, 4.69) is 159 Å². The summed E-state index contributed by atoms with van der Waals surface area (Å²) in [7, 11) is 0. The number of rotatable bonds is 2. The molecule has 0 nitrogen and oxygen atoms in total. The van der Waals surface area contributed by atoms with E-state index in [9.17, 15) is 0 Å². The summed E-state index contributed by atoms with van der Waals surface area (Å²) in [5, 5.41) is 7.84. The number of fused-ring (bicyclic) bond motifs is 8. The summed E-state index contributed by atoms with van der Waals surface area (Å²) in [6, 6.07) is 54.7. The van der Waals surface area contributed by atoms with Crippen molar-refractivity contribution in [3.8, 4) is 55.6 Å². The molecule has 10 rings (SSSR count). The van der Waals surface area contributed by atoms with E-state index in [1.54, 1.807) is 0 Å². The third-order valence-electron chi connectivity index (χ3n) is 10.5. The summed E-state index contributed by atoms with van der Waals surface area (Å²) in [6.07, 6.45) is 0. The van der Waals surface area contributed by atoms with Gasteiger partial charge >= 0.3 is 0 Å². The molecule has 2 aliphatic carbocycles. The molecule has 0 amide bonds. The van der Waals surface area contributed by atoms with Crippen LogP contribution in [0.4, 0.5) is 0 Å². The highest BCUT2D eigenvalue weighted by Gasteiger charge is 2.35. The Bertz CT molecular complexity index is 2560. The van der Waals surface area contributed by atoms with Crippen molar-refractivity contribution < 1.29 is 0 Å². The monoisotopic (exact) mass is 570 g/mol. The van der Waals surface area contributed by atoms with Crippen LogP contribution >= 0.6 is 0 Å². The first kappa shape index (κ1) is 24.9. The SMILES string of the molecule is CC1(C)c2ccccc2-c2cc3ccc(-c4cccc(-c5c6c(cc7ccccc57)-c5cccc7cccc-6c57)c4)cc3cc21. The molecular formula is C45H30. The normalized spacial score (nSPS) is 13.7. The summed E-state index contributed by atoms with van der Waals surface area (Å²) >= 11 is 0. The van der Waals surface area contributed by atoms with Crippen molar-refractivity contribution in [1.82, 2.24) is 0 Å². The van der Waals surface area contributed by atoms with Gasteiger partial charge in [0.05, 0.1) is 0 Å². The number of benzene rings is 8. The van der Waals surface area contributed by atoms with Crippen molar-refractivity contribution in [1.29, 1.82) is 0 Å². The lowest BCUT2D eigenvalue weighted by Crippen LogP contribution is -2.14. The highest BCUT2D eigenvalue weighted by molar-refractivity contribution is 6.22. The summed E-state index contributed by atoms with van der Waals surface area (Å²) in [5.41, 5.74) is 16.0. The molecule has 0 fully saturated rings. The molecule has 0 saturated carbocycles. The molecule has 0 aromatic heterocycles. The van der Waals surface area contributed by atoms with Crippen LogP contribution in [0.1, 0.15) is 25.0 Å². The van der Waals surface area contributed by atoms with Gasteiger partial charge in [-0.1, -0.05) is 129 Å². The maximum Gasteiger partial charge on any atom is 0.0159 e. The van der Waals surface area contributed by atoms with Crippen molar-refractivity contribution in [2.75, 3.05) is 0 Å². The van der Waals surface area contributed by atoms with E-state index >= 15 is 0 Å². The first-order chi connectivity index (χ1) is 22.1. The maximum absolute atomic E-state index is 2.44. The standard InChI is InChI=1S/C45H30/c1-45(2)40-19-6-5-16-35(40)38-24-30-21-20-29(23-33(30)26-41(38)45)28-13-7-14-32(22-28)43-34-15-4-3-10-31(34)25-39-36-17-8-11-27-12-9-18-37(42(27)36)44(39)43/h3-26H,1-2H3. The van der Waals surface area contributed by atoms with Gasteiger partial charge in [-0.15, -0.1) is 0 Å². The minimum absolute atomic E-state index is 0.00871. The van der Waals surface area contributed by atoms with E-state index in [1.165, 1.54) is 99.1 Å². The molecule has 0 N–H and O–H groups in total. The summed E-state index contributed by atoms with van der Waals surface area (Å²) in [4.78, 5) is 0. The van der Waals surface area contributed by atoms with Crippen molar-refractivity contribution >= 4 is 32.3 Å². The van der Waals surface area contributed by atoms with Crippen LogP contribution in [0.25, 0.3) is 88.0 Å². The van der Waals surface area contributed by atoms with E-state index in [-0.39, 0.29) is 5.41 Å². The zero-order chi connectivity index (χ0) is 29.9. The smallest absolute Gasteiger partial charge is 0.0159 e. The van der Waals surface area contributed by atoms with Crippen LogP contribution in [0, 0.1) is 0 Å². The Balaban J connectivity index is 1.17. The van der Waals surface area contributed by atoms with Crippen molar-refractivity contribution in [2.45, 2.75) is 19.3 Å². The molecule has 0 aliphatic heterocycles. The van der Waals surface area contributed by atoms with E-state index in [1.807, 2.05) is 0 Å². The fourth-order valence-corrected chi connectivity index (χ4v) is 8.39. The third-order valence-corrected chi connectivity index (χ3v) is 10.5. The van der Waals surface area contributed by atoms with E-state index in [0.717, 1.165) is 0 Å². The zero-order valence-corrected chi connectivity index (χ0v) is 25.4. The van der Waals surface area contributed by atoms with Gasteiger partial charge in [0.2, 0.25) is 0 Å². The van der Waals surface area contributed by atoms with Crippen LogP contribution in [0.5, 0.6) is 0 Å². The molecule has 0 saturated heterocycles. The van der Waals surface area contributed by atoms with Gasteiger partial charge in [-0.2, -0.15) is 0 Å². The second-order valence-corrected chi connectivity index (χ2v) is 13.3. The van der Waals surface area contributed by atoms with Crippen LogP contribution < -0.4 is 0 Å². The lowest BCUT2D eigenvalue weighted by atomic mass is 9.82. The second kappa shape index (κ2) is 8.80. The molecular weight excluding hydrogens is 540 g/mol. The van der Waals surface area contributed by atoms with Crippen molar-refractivity contribution in [3.63, 3.8) is 0 Å². The summed E-state index contributed by atoms with van der Waals surface area (Å²) in [6.45, 7) is 4.72. The Morgan fingerprint density at radius 1 is 0.356 bits per heavy atom. The predicted octanol–water partition coefficient (Wildman–Crippen LogP) is 12.4. The fraction of sp³-hybridized carbons (Fsp3) is 0.0667. The van der Waals surface area contributed by atoms with Gasteiger partial charge in [-0.3, -0.25) is 0 Å². The molecule has 8 aromatic carbocycles. The Labute approximate surface area is 263 Å². The quantitative estimate of drug-likeness (QED) is 0.194.